The summed E-state index contributed by atoms with van der Waals surface area (Å²) in [6, 6.07) is 12.5. The first kappa shape index (κ1) is 18.3. The molecule has 0 bridgehead atoms. The zero-order valence-corrected chi connectivity index (χ0v) is 14.6. The number of anilines is 1. The zero-order valence-electron chi connectivity index (χ0n) is 14.6. The number of esters is 1. The average molecular weight is 342 g/mol. The van der Waals surface area contributed by atoms with Gasteiger partial charge in [0.15, 0.2) is 6.61 Å². The minimum Gasteiger partial charge on any atom is -0.496 e. The number of hydrogen-bond acceptors (Lipinski definition) is 5. The third-order valence-electron chi connectivity index (χ3n) is 3.90. The van der Waals surface area contributed by atoms with Crippen molar-refractivity contribution < 1.29 is 19.1 Å². The number of carbonyl (C=O) groups excluding carboxylic acids is 2. The number of benzene rings is 2. The molecular weight excluding hydrogens is 320 g/mol. The van der Waals surface area contributed by atoms with Crippen molar-refractivity contribution >= 4 is 17.6 Å². The molecule has 0 aliphatic heterocycles. The van der Waals surface area contributed by atoms with Gasteiger partial charge in [-0.3, -0.25) is 4.79 Å². The molecule has 0 radical (unpaired) electrons. The van der Waals surface area contributed by atoms with E-state index in [9.17, 15) is 9.59 Å². The number of aryl methyl sites for hydroxylation is 1. The molecule has 0 unspecified atom stereocenters. The van der Waals surface area contributed by atoms with Crippen LogP contribution in [0.3, 0.4) is 0 Å². The monoisotopic (exact) mass is 342 g/mol. The lowest BCUT2D eigenvalue weighted by molar-refractivity contribution is -0.133. The van der Waals surface area contributed by atoms with Gasteiger partial charge in [-0.05, 0) is 24.6 Å². The predicted octanol–water partition coefficient (Wildman–Crippen LogP) is 2.40. The fourth-order valence-corrected chi connectivity index (χ4v) is 2.35. The smallest absolute Gasteiger partial charge is 0.340 e. The fraction of sp³-hybridized carbons (Fsp3) is 0.263. The lowest BCUT2D eigenvalue weighted by atomic mass is 10.1. The molecule has 25 heavy (non-hydrogen) atoms. The van der Waals surface area contributed by atoms with Crippen LogP contribution in [0.1, 0.15) is 21.5 Å². The van der Waals surface area contributed by atoms with E-state index in [0.717, 1.165) is 11.1 Å². The molecule has 2 aromatic rings. The van der Waals surface area contributed by atoms with Crippen molar-refractivity contribution in [2.75, 3.05) is 26.5 Å². The van der Waals surface area contributed by atoms with Gasteiger partial charge in [-0.15, -0.1) is 0 Å². The maximum absolute atomic E-state index is 12.2. The summed E-state index contributed by atoms with van der Waals surface area (Å²) in [6.07, 6.45) is 0. The summed E-state index contributed by atoms with van der Waals surface area (Å²) >= 11 is 0. The minimum atomic E-state index is -0.611. The first-order chi connectivity index (χ1) is 11.9. The summed E-state index contributed by atoms with van der Waals surface area (Å²) < 4.78 is 10.4. The molecule has 6 nitrogen and oxygen atoms in total. The highest BCUT2D eigenvalue weighted by Crippen LogP contribution is 2.19. The van der Waals surface area contributed by atoms with E-state index in [1.807, 2.05) is 24.3 Å². The molecule has 0 aliphatic carbocycles. The Balaban J connectivity index is 1.95. The number of amides is 1. The summed E-state index contributed by atoms with van der Waals surface area (Å²) in [5, 5.41) is 0. The third kappa shape index (κ3) is 4.50. The number of nitrogens with zero attached hydrogens (tertiary/aromatic N) is 1. The van der Waals surface area contributed by atoms with Crippen LogP contribution >= 0.6 is 0 Å². The van der Waals surface area contributed by atoms with Gasteiger partial charge in [0, 0.05) is 24.8 Å². The van der Waals surface area contributed by atoms with Crippen molar-refractivity contribution in [2.24, 2.45) is 0 Å². The number of hydrogen-bond donors (Lipinski definition) is 1. The number of carbonyl (C=O) groups is 2. The van der Waals surface area contributed by atoms with Crippen LogP contribution in [0.15, 0.2) is 42.5 Å². The number of likely N-dealkylation sites (N-methyl/N-ethyl adjacent to an activating group) is 1. The van der Waals surface area contributed by atoms with Gasteiger partial charge in [0.1, 0.15) is 5.75 Å². The number of rotatable bonds is 6. The van der Waals surface area contributed by atoms with Gasteiger partial charge in [-0.1, -0.05) is 30.3 Å². The van der Waals surface area contributed by atoms with Gasteiger partial charge in [0.2, 0.25) is 0 Å². The normalized spacial score (nSPS) is 10.2. The van der Waals surface area contributed by atoms with Gasteiger partial charge in [0.05, 0.1) is 12.7 Å². The number of nitrogens with two attached hydrogens (primary N) is 1. The Kier molecular flexibility index (Phi) is 6.00. The first-order valence-electron chi connectivity index (χ1n) is 7.82. The molecule has 6 heteroatoms. The second-order valence-electron chi connectivity index (χ2n) is 5.67. The fourth-order valence-electron chi connectivity index (χ4n) is 2.35. The average Bonchev–Trinajstić information content (AvgIpc) is 2.62. The topological polar surface area (TPSA) is 81.9 Å². The van der Waals surface area contributed by atoms with Gasteiger partial charge >= 0.3 is 5.97 Å². The molecule has 0 saturated heterocycles. The molecule has 132 valence electrons. The quantitative estimate of drug-likeness (QED) is 0.644. The van der Waals surface area contributed by atoms with Crippen LogP contribution < -0.4 is 10.5 Å². The van der Waals surface area contributed by atoms with Crippen LogP contribution in [0.4, 0.5) is 5.69 Å². The molecule has 0 fully saturated rings. The lowest BCUT2D eigenvalue weighted by Crippen LogP contribution is -2.31. The maximum atomic E-state index is 12.2. The van der Waals surface area contributed by atoms with E-state index in [4.69, 9.17) is 15.2 Å². The van der Waals surface area contributed by atoms with Crippen molar-refractivity contribution in [1.29, 1.82) is 0 Å². The Morgan fingerprint density at radius 1 is 1.12 bits per heavy atom. The van der Waals surface area contributed by atoms with Crippen LogP contribution in [-0.2, 0) is 16.1 Å². The highest BCUT2D eigenvalue weighted by molar-refractivity contribution is 5.96. The second kappa shape index (κ2) is 8.19. The van der Waals surface area contributed by atoms with E-state index in [2.05, 4.69) is 0 Å². The standard InChI is InChI=1S/C19H22N2O4/c1-13-7-6-9-15(18(13)20)19(23)25-12-17(22)21(2)11-14-8-4-5-10-16(14)24-3/h4-10H,11-12,20H2,1-3H3. The highest BCUT2D eigenvalue weighted by atomic mass is 16.5. The number of ether oxygens (including phenoxy) is 2. The Morgan fingerprint density at radius 3 is 2.56 bits per heavy atom. The SMILES string of the molecule is COc1ccccc1CN(C)C(=O)COC(=O)c1cccc(C)c1N. The van der Waals surface area contributed by atoms with Crippen LogP contribution in [-0.4, -0.2) is 37.5 Å². The lowest BCUT2D eigenvalue weighted by Gasteiger charge is -2.19. The molecule has 0 saturated carbocycles. The van der Waals surface area contributed by atoms with Gasteiger partial charge in [0.25, 0.3) is 5.91 Å². The Bertz CT molecular complexity index is 774. The number of methoxy groups -OCH3 is 1. The van der Waals surface area contributed by atoms with Crippen molar-refractivity contribution in [2.45, 2.75) is 13.5 Å². The molecule has 0 aliphatic rings. The molecule has 0 atom stereocenters. The Labute approximate surface area is 147 Å². The molecule has 0 aromatic heterocycles. The van der Waals surface area contributed by atoms with E-state index < -0.39 is 5.97 Å². The largest absolute Gasteiger partial charge is 0.496 e. The summed E-state index contributed by atoms with van der Waals surface area (Å²) in [5.41, 5.74) is 8.16. The first-order valence-corrected chi connectivity index (χ1v) is 7.82. The van der Waals surface area contributed by atoms with Crippen LogP contribution in [0.5, 0.6) is 5.75 Å². The number of nitrogen functional groups attached to an aromatic ring is 1. The van der Waals surface area contributed by atoms with Crippen LogP contribution in [0.25, 0.3) is 0 Å². The zero-order chi connectivity index (χ0) is 18.4. The van der Waals surface area contributed by atoms with E-state index in [1.165, 1.54) is 4.90 Å². The van der Waals surface area contributed by atoms with E-state index in [0.29, 0.717) is 18.0 Å². The van der Waals surface area contributed by atoms with Crippen molar-refractivity contribution in [1.82, 2.24) is 4.90 Å². The van der Waals surface area contributed by atoms with Crippen LogP contribution in [0, 0.1) is 6.92 Å². The Morgan fingerprint density at radius 2 is 1.84 bits per heavy atom. The van der Waals surface area contributed by atoms with Gasteiger partial charge < -0.3 is 20.1 Å². The van der Waals surface area contributed by atoms with E-state index in [-0.39, 0.29) is 18.1 Å². The third-order valence-corrected chi connectivity index (χ3v) is 3.90. The van der Waals surface area contributed by atoms with E-state index in [1.54, 1.807) is 39.3 Å². The summed E-state index contributed by atoms with van der Waals surface area (Å²) in [6.45, 7) is 1.81. The maximum Gasteiger partial charge on any atom is 0.340 e. The minimum absolute atomic E-state index is 0.264. The molecule has 2 aromatic carbocycles. The van der Waals surface area contributed by atoms with Crippen molar-refractivity contribution in [3.05, 3.63) is 59.2 Å². The van der Waals surface area contributed by atoms with Crippen molar-refractivity contribution in [3.63, 3.8) is 0 Å². The molecular formula is C19H22N2O4. The molecule has 0 heterocycles. The second-order valence-corrected chi connectivity index (χ2v) is 5.67. The molecule has 2 rings (SSSR count). The summed E-state index contributed by atoms with van der Waals surface area (Å²) in [7, 11) is 3.22. The molecule has 1 amide bonds. The Hall–Kier alpha value is -3.02. The van der Waals surface area contributed by atoms with Gasteiger partial charge in [-0.25, -0.2) is 4.79 Å². The number of para-hydroxylation sites is 2. The summed E-state index contributed by atoms with van der Waals surface area (Å²) in [5.74, 6) is -0.225. The van der Waals surface area contributed by atoms with Gasteiger partial charge in [-0.2, -0.15) is 0 Å². The van der Waals surface area contributed by atoms with Crippen LogP contribution in [0.2, 0.25) is 0 Å². The summed E-state index contributed by atoms with van der Waals surface area (Å²) in [4.78, 5) is 25.8. The van der Waals surface area contributed by atoms with E-state index >= 15 is 0 Å². The molecule has 2 N–H and O–H groups in total. The highest BCUT2D eigenvalue weighted by Gasteiger charge is 2.17. The molecule has 0 spiro atoms. The van der Waals surface area contributed by atoms with Crippen molar-refractivity contribution in [3.8, 4) is 5.75 Å². The predicted molar refractivity (Wildman–Crippen MR) is 95.3 cm³/mol.